The van der Waals surface area contributed by atoms with Crippen LogP contribution in [0.2, 0.25) is 0 Å². The van der Waals surface area contributed by atoms with Crippen molar-refractivity contribution in [2.45, 2.75) is 146 Å². The lowest BCUT2D eigenvalue weighted by molar-refractivity contribution is -0.142. The number of rotatable bonds is 32. The Hall–Kier alpha value is -10.3. The number of H-pyrrole nitrogens is 3. The molecule has 2 saturated heterocycles. The number of phenols is 1. The first-order valence-corrected chi connectivity index (χ1v) is 31.2. The van der Waals surface area contributed by atoms with Gasteiger partial charge in [0.05, 0.1) is 12.9 Å². The number of aliphatic hydroxyl groups is 1. The third-order valence-corrected chi connectivity index (χ3v) is 16.3. The maximum atomic E-state index is 15.0. The fourth-order valence-electron chi connectivity index (χ4n) is 11.5. The second-order valence-corrected chi connectivity index (χ2v) is 23.7. The van der Waals surface area contributed by atoms with Crippen molar-refractivity contribution in [3.05, 3.63) is 120 Å². The molecule has 0 radical (unpaired) electrons. The molecule has 3 aromatic heterocycles. The van der Waals surface area contributed by atoms with E-state index in [1.807, 2.05) is 44.2 Å². The number of aromatic nitrogens is 4. The van der Waals surface area contributed by atoms with Gasteiger partial charge in [0.25, 0.3) is 0 Å². The number of imidazole rings is 1. The smallest absolute Gasteiger partial charge is 0.245 e. The van der Waals surface area contributed by atoms with Crippen molar-refractivity contribution in [2.75, 3.05) is 26.2 Å². The molecule has 0 spiro atoms. The first-order chi connectivity index (χ1) is 44.7. The lowest BCUT2D eigenvalue weighted by atomic mass is 9.99. The normalized spacial score (nSPS) is 16.8. The summed E-state index contributed by atoms with van der Waals surface area (Å²) < 4.78 is 0. The molecule has 18 N–H and O–H groups in total. The molecule has 5 heterocycles. The van der Waals surface area contributed by atoms with Crippen LogP contribution in [0.5, 0.6) is 5.75 Å². The van der Waals surface area contributed by atoms with Crippen molar-refractivity contribution in [3.8, 4) is 5.75 Å². The fraction of sp³-hybridized carbons (Fsp3) is 0.438. The number of aliphatic hydroxyl groups excluding tert-OH is 1. The Labute approximate surface area is 536 Å². The number of likely N-dealkylation sites (N-methyl/N-ethyl adjacent to an activating group) is 1. The van der Waals surface area contributed by atoms with Crippen molar-refractivity contribution in [1.82, 2.24) is 72.7 Å². The number of nitrogens with one attached hydrogen (secondary N) is 12. The molecule has 29 nitrogen and oxygen atoms in total. The number of nitrogens with zero attached hydrogens (tertiary/aromatic N) is 3. The number of likely N-dealkylation sites (tertiary alicyclic amines) is 1. The Kier molecular flexibility index (Phi) is 24.1. The number of phenolic OH excluding ortho intramolecular Hbond substituents is 1. The summed E-state index contributed by atoms with van der Waals surface area (Å²) >= 11 is 0. The van der Waals surface area contributed by atoms with Gasteiger partial charge in [-0.05, 0) is 92.3 Å². The van der Waals surface area contributed by atoms with Gasteiger partial charge in [-0.15, -0.1) is 0 Å². The molecule has 8 rings (SSSR count). The molecule has 2 aliphatic rings. The minimum Gasteiger partial charge on any atom is -0.508 e. The van der Waals surface area contributed by atoms with E-state index in [1.165, 1.54) is 41.7 Å². The molecule has 2 fully saturated rings. The van der Waals surface area contributed by atoms with Crippen molar-refractivity contribution in [2.24, 2.45) is 22.4 Å². The van der Waals surface area contributed by atoms with Crippen LogP contribution in [0.3, 0.4) is 0 Å². The molecule has 10 amide bonds. The van der Waals surface area contributed by atoms with Crippen LogP contribution in [0, 0.1) is 5.92 Å². The standard InChI is InChI=1S/C64H83N17O12/c1-4-68-62(92)53-16-10-24-81(53)63(93)51(25-35(2)3)79-58(88)48(27-37-30-70-43-13-7-5-11-41(37)43)76-55(85)45(15-9-23-69-64(65)66)74-57(87)47(26-36-17-19-40(83)20-18-36)75-61(91)52(33-82)80-59(89)49(28-38-31-71-44-14-8-6-12-42(38)44)77-60(90)50(29-39-32-67-34-72-39)78-56(86)46-21-22-54(84)73-46/h5-8,11-14,17-20,30-32,34-35,45-53,70-71,82-83H,4,9-10,15-16,21-29,33H2,1-3H3,(H,67,72)(H,68,92)(H,73,84)(H,74,87)(H,75,91)(H,76,85)(H,77,90)(H,78,86)(H,79,88)(H,80,89)(H4,65,66,69)/t45-,46?,47+,48+,49+,50+,51+,52+,53+/m1/s1. The second kappa shape index (κ2) is 32.6. The van der Waals surface area contributed by atoms with E-state index in [0.717, 1.165) is 10.9 Å². The Morgan fingerprint density at radius 1 is 0.656 bits per heavy atom. The van der Waals surface area contributed by atoms with Crippen LogP contribution >= 0.6 is 0 Å². The van der Waals surface area contributed by atoms with Crippen LogP contribution in [-0.2, 0) is 73.6 Å². The summed E-state index contributed by atoms with van der Waals surface area (Å²) in [5.74, 6) is -7.59. The summed E-state index contributed by atoms with van der Waals surface area (Å²) in [7, 11) is 0. The van der Waals surface area contributed by atoms with Gasteiger partial charge in [-0.2, -0.15) is 0 Å². The largest absolute Gasteiger partial charge is 0.508 e. The van der Waals surface area contributed by atoms with Gasteiger partial charge in [0.2, 0.25) is 59.1 Å². The number of carbonyl (C=O) groups is 10. The van der Waals surface area contributed by atoms with E-state index >= 15 is 4.79 Å². The zero-order valence-corrected chi connectivity index (χ0v) is 52.1. The quantitative estimate of drug-likeness (QED) is 0.0140. The fourth-order valence-corrected chi connectivity index (χ4v) is 11.5. The van der Waals surface area contributed by atoms with Crippen LogP contribution in [0.1, 0.15) is 88.1 Å². The van der Waals surface area contributed by atoms with Gasteiger partial charge in [0, 0.05) is 97.8 Å². The number of para-hydroxylation sites is 2. The first-order valence-electron chi connectivity index (χ1n) is 31.2. The average Bonchev–Trinajstić information content (AvgIpc) is 1.82. The predicted octanol–water partition coefficient (Wildman–Crippen LogP) is -0.760. The molecule has 0 bridgehead atoms. The number of fused-ring (bicyclic) bond motifs is 2. The highest BCUT2D eigenvalue weighted by atomic mass is 16.3. The van der Waals surface area contributed by atoms with Gasteiger partial charge in [-0.1, -0.05) is 62.4 Å². The number of carbonyl (C=O) groups excluding carboxylic acids is 10. The van der Waals surface area contributed by atoms with E-state index in [9.17, 15) is 53.4 Å². The highest BCUT2D eigenvalue weighted by molar-refractivity contribution is 6.00. The molecule has 496 valence electrons. The van der Waals surface area contributed by atoms with Crippen LogP contribution < -0.4 is 59.3 Å². The van der Waals surface area contributed by atoms with Crippen LogP contribution in [-0.4, -0.2) is 181 Å². The number of benzene rings is 3. The summed E-state index contributed by atoms with van der Waals surface area (Å²) in [6.45, 7) is 5.17. The Morgan fingerprint density at radius 3 is 1.73 bits per heavy atom. The predicted molar refractivity (Wildman–Crippen MR) is 343 cm³/mol. The molecule has 0 aliphatic carbocycles. The number of hydrogen-bond donors (Lipinski definition) is 16. The number of nitrogens with two attached hydrogens (primary N) is 2. The molecule has 0 saturated carbocycles. The van der Waals surface area contributed by atoms with Crippen molar-refractivity contribution >= 4 is 86.8 Å². The maximum Gasteiger partial charge on any atom is 0.245 e. The van der Waals surface area contributed by atoms with Gasteiger partial charge in [-0.25, -0.2) is 4.98 Å². The van der Waals surface area contributed by atoms with E-state index in [-0.39, 0.29) is 93.8 Å². The highest BCUT2D eigenvalue weighted by Crippen LogP contribution is 2.24. The Bertz CT molecular complexity index is 3640. The Balaban J connectivity index is 1.05. The topological polar surface area (TPSA) is 447 Å². The Morgan fingerprint density at radius 2 is 1.19 bits per heavy atom. The number of hydrogen-bond acceptors (Lipinski definition) is 14. The second-order valence-electron chi connectivity index (χ2n) is 23.7. The van der Waals surface area contributed by atoms with Gasteiger partial charge in [0.1, 0.15) is 60.1 Å². The number of aromatic hydroxyl groups is 1. The van der Waals surface area contributed by atoms with Gasteiger partial charge in [-0.3, -0.25) is 52.9 Å². The van der Waals surface area contributed by atoms with Crippen molar-refractivity contribution in [1.29, 1.82) is 0 Å². The molecule has 9 atom stereocenters. The molecule has 3 aromatic carbocycles. The average molecular weight is 1280 g/mol. The van der Waals surface area contributed by atoms with Crippen LogP contribution in [0.25, 0.3) is 21.8 Å². The van der Waals surface area contributed by atoms with Crippen molar-refractivity contribution < 1.29 is 58.2 Å². The summed E-state index contributed by atoms with van der Waals surface area (Å²) in [6, 6.07) is 8.40. The van der Waals surface area contributed by atoms with Gasteiger partial charge >= 0.3 is 0 Å². The zero-order valence-electron chi connectivity index (χ0n) is 52.1. The van der Waals surface area contributed by atoms with E-state index in [1.54, 1.807) is 37.5 Å². The number of guanidine groups is 1. The number of amides is 10. The van der Waals surface area contributed by atoms with E-state index in [4.69, 9.17) is 11.5 Å². The number of aliphatic imine (C=N–C) groups is 1. The molecule has 93 heavy (non-hydrogen) atoms. The maximum absolute atomic E-state index is 15.0. The third-order valence-electron chi connectivity index (χ3n) is 16.3. The SMILES string of the molecule is CCNC(=O)[C@@H]1CCCN1C(=O)[C@H](CC(C)C)NC(=O)[C@H](Cc1c[nH]c2ccccc12)NC(=O)[C@@H](CCCN=C(N)N)NC(=O)[C@H](Cc1ccc(O)cc1)NC(=O)[C@H](CO)NC(=O)[C@H](Cc1c[nH]c2ccccc12)NC(=O)[C@H](Cc1cnc[nH]1)NC(=O)C1CCC(=O)N1. The molecule has 2 aliphatic heterocycles. The summed E-state index contributed by atoms with van der Waals surface area (Å²) in [5.41, 5.74) is 14.8. The van der Waals surface area contributed by atoms with Crippen LogP contribution in [0.15, 0.2) is 103 Å². The van der Waals surface area contributed by atoms with Crippen molar-refractivity contribution in [3.63, 3.8) is 0 Å². The molecule has 1 unspecified atom stereocenters. The van der Waals surface area contributed by atoms with Gasteiger partial charge < -0.3 is 89.4 Å². The third kappa shape index (κ3) is 18.9. The highest BCUT2D eigenvalue weighted by Gasteiger charge is 2.40. The van der Waals surface area contributed by atoms with Gasteiger partial charge in [0.15, 0.2) is 5.96 Å². The van der Waals surface area contributed by atoms with Crippen LogP contribution in [0.4, 0.5) is 0 Å². The zero-order chi connectivity index (χ0) is 66.7. The summed E-state index contributed by atoms with van der Waals surface area (Å²) in [4.78, 5) is 160. The molecule has 29 heteroatoms. The minimum absolute atomic E-state index is 0.000960. The molecular formula is C64H83N17O12. The lowest BCUT2D eigenvalue weighted by Crippen LogP contribution is -2.61. The monoisotopic (exact) mass is 1280 g/mol. The van der Waals surface area contributed by atoms with E-state index in [2.05, 4.69) is 72.8 Å². The number of aromatic amines is 3. The van der Waals surface area contributed by atoms with E-state index < -0.39 is 108 Å². The summed E-state index contributed by atoms with van der Waals surface area (Å²) in [6.07, 6.45) is 6.96. The van der Waals surface area contributed by atoms with E-state index in [0.29, 0.717) is 59.2 Å². The first kappa shape index (κ1) is 68.6. The lowest BCUT2D eigenvalue weighted by Gasteiger charge is -2.31. The minimum atomic E-state index is -1.79. The molecule has 6 aromatic rings. The molecular weight excluding hydrogens is 1200 g/mol. The summed E-state index contributed by atoms with van der Waals surface area (Å²) in [5, 5.41) is 47.0.